The maximum absolute atomic E-state index is 13.2. The van der Waals surface area contributed by atoms with Crippen molar-refractivity contribution in [1.82, 2.24) is 15.3 Å². The monoisotopic (exact) mass is 358 g/mol. The summed E-state index contributed by atoms with van der Waals surface area (Å²) in [6.45, 7) is 0. The van der Waals surface area contributed by atoms with Gasteiger partial charge in [0.05, 0.1) is 0 Å². The Morgan fingerprint density at radius 1 is 1.15 bits per heavy atom. The predicted molar refractivity (Wildman–Crippen MR) is 90.3 cm³/mol. The first kappa shape index (κ1) is 17.7. The average Bonchev–Trinajstić information content (AvgIpc) is 2.62. The number of nitrogens with zero attached hydrogens (tertiary/aromatic N) is 3. The van der Waals surface area contributed by atoms with Gasteiger partial charge in [-0.2, -0.15) is 5.10 Å². The molecule has 1 N–H and O–H groups in total. The van der Waals surface area contributed by atoms with E-state index in [4.69, 9.17) is 0 Å². The highest BCUT2D eigenvalue weighted by Crippen LogP contribution is 2.13. The van der Waals surface area contributed by atoms with Gasteiger partial charge >= 0.3 is 0 Å². The van der Waals surface area contributed by atoms with Gasteiger partial charge < -0.3 is 5.32 Å². The molecule has 0 bridgehead atoms. The van der Waals surface area contributed by atoms with Crippen molar-refractivity contribution in [2.75, 3.05) is 7.05 Å². The first-order chi connectivity index (χ1) is 12.4. The molecule has 1 aliphatic rings. The Morgan fingerprint density at radius 2 is 1.92 bits per heavy atom. The number of hydrogen-bond donors (Lipinski definition) is 1. The van der Waals surface area contributed by atoms with Crippen LogP contribution in [0.25, 0.3) is 0 Å². The molecular formula is C18H16F2N4O2. The van der Waals surface area contributed by atoms with Gasteiger partial charge in [-0.25, -0.2) is 13.8 Å². The molecule has 0 spiro atoms. The summed E-state index contributed by atoms with van der Waals surface area (Å²) < 4.78 is 26.2. The van der Waals surface area contributed by atoms with Crippen molar-refractivity contribution in [3.63, 3.8) is 0 Å². The zero-order chi connectivity index (χ0) is 18.7. The van der Waals surface area contributed by atoms with Crippen LogP contribution in [0.15, 0.2) is 41.6 Å². The van der Waals surface area contributed by atoms with Gasteiger partial charge in [0.25, 0.3) is 5.91 Å². The third-order valence-electron chi connectivity index (χ3n) is 3.91. The molecular weight excluding hydrogens is 342 g/mol. The SMILES string of the molecule is CN1N=C(NC(=O)c2ccc(Cc3ccc(F)c(F)c3)cn2)CCC1=O. The fraction of sp³-hybridized carbons (Fsp3) is 0.222. The second-order valence-electron chi connectivity index (χ2n) is 5.90. The molecule has 0 unspecified atom stereocenters. The second-order valence-corrected chi connectivity index (χ2v) is 5.90. The topological polar surface area (TPSA) is 74.7 Å². The summed E-state index contributed by atoms with van der Waals surface area (Å²) in [5.74, 6) is -1.92. The minimum absolute atomic E-state index is 0.109. The Kier molecular flexibility index (Phi) is 5.01. The molecule has 2 aromatic rings. The van der Waals surface area contributed by atoms with Gasteiger partial charge in [-0.1, -0.05) is 12.1 Å². The lowest BCUT2D eigenvalue weighted by atomic mass is 10.1. The van der Waals surface area contributed by atoms with Gasteiger partial charge in [0.1, 0.15) is 11.5 Å². The number of rotatable bonds is 3. The summed E-state index contributed by atoms with van der Waals surface area (Å²) in [7, 11) is 1.53. The maximum Gasteiger partial charge on any atom is 0.275 e. The van der Waals surface area contributed by atoms with Gasteiger partial charge in [-0.15, -0.1) is 0 Å². The van der Waals surface area contributed by atoms with Gasteiger partial charge in [0.2, 0.25) is 5.91 Å². The number of hydrazone groups is 1. The quantitative estimate of drug-likeness (QED) is 0.914. The molecule has 3 rings (SSSR count). The fourth-order valence-corrected chi connectivity index (χ4v) is 2.51. The lowest BCUT2D eigenvalue weighted by Crippen LogP contribution is -2.38. The molecule has 26 heavy (non-hydrogen) atoms. The van der Waals surface area contributed by atoms with Crippen LogP contribution in [0.3, 0.4) is 0 Å². The van der Waals surface area contributed by atoms with E-state index in [0.717, 1.165) is 17.7 Å². The molecule has 0 saturated heterocycles. The van der Waals surface area contributed by atoms with Crippen molar-refractivity contribution in [3.8, 4) is 0 Å². The Balaban J connectivity index is 1.65. The van der Waals surface area contributed by atoms with Crippen LogP contribution in [0.5, 0.6) is 0 Å². The molecule has 0 saturated carbocycles. The van der Waals surface area contributed by atoms with Crippen LogP contribution in [0.1, 0.15) is 34.5 Å². The van der Waals surface area contributed by atoms with Gasteiger partial charge in [-0.05, 0) is 35.7 Å². The number of carbonyl (C=O) groups excluding carboxylic acids is 2. The van der Waals surface area contributed by atoms with Crippen molar-refractivity contribution >= 4 is 17.6 Å². The van der Waals surface area contributed by atoms with E-state index < -0.39 is 17.5 Å². The number of amides is 2. The van der Waals surface area contributed by atoms with E-state index in [9.17, 15) is 18.4 Å². The van der Waals surface area contributed by atoms with Crippen molar-refractivity contribution in [1.29, 1.82) is 0 Å². The molecule has 1 aromatic heterocycles. The van der Waals surface area contributed by atoms with Crippen molar-refractivity contribution in [3.05, 3.63) is 65.0 Å². The lowest BCUT2D eigenvalue weighted by Gasteiger charge is -2.19. The minimum Gasteiger partial charge on any atom is -0.307 e. The van der Waals surface area contributed by atoms with Crippen molar-refractivity contribution < 1.29 is 18.4 Å². The van der Waals surface area contributed by atoms with Gasteiger partial charge in [0, 0.05) is 26.1 Å². The molecule has 1 aliphatic heterocycles. The summed E-state index contributed by atoms with van der Waals surface area (Å²) >= 11 is 0. The van der Waals surface area contributed by atoms with E-state index in [-0.39, 0.29) is 18.0 Å². The highest BCUT2D eigenvalue weighted by molar-refractivity contribution is 6.06. The molecule has 0 radical (unpaired) electrons. The fourth-order valence-electron chi connectivity index (χ4n) is 2.51. The van der Waals surface area contributed by atoms with Crippen molar-refractivity contribution in [2.24, 2.45) is 5.10 Å². The van der Waals surface area contributed by atoms with E-state index in [2.05, 4.69) is 15.4 Å². The highest BCUT2D eigenvalue weighted by atomic mass is 19.2. The number of amidine groups is 1. The van der Waals surface area contributed by atoms with Crippen LogP contribution in [0, 0.1) is 11.6 Å². The molecule has 1 aromatic carbocycles. The molecule has 2 amide bonds. The number of hydrogen-bond acceptors (Lipinski definition) is 4. The molecule has 8 heteroatoms. The normalized spacial score (nSPS) is 14.2. The number of carbonyl (C=O) groups is 2. The second kappa shape index (κ2) is 7.38. The Morgan fingerprint density at radius 3 is 2.58 bits per heavy atom. The average molecular weight is 358 g/mol. The van der Waals surface area contributed by atoms with E-state index in [0.29, 0.717) is 24.2 Å². The van der Waals surface area contributed by atoms with Crippen LogP contribution in [-0.4, -0.2) is 34.7 Å². The molecule has 6 nitrogen and oxygen atoms in total. The van der Waals surface area contributed by atoms with Crippen LogP contribution in [0.4, 0.5) is 8.78 Å². The molecule has 0 fully saturated rings. The summed E-state index contributed by atoms with van der Waals surface area (Å²) in [5, 5.41) is 7.82. The van der Waals surface area contributed by atoms with E-state index in [1.807, 2.05) is 0 Å². The maximum atomic E-state index is 13.2. The number of aromatic nitrogens is 1. The van der Waals surface area contributed by atoms with Crippen LogP contribution >= 0.6 is 0 Å². The third-order valence-corrected chi connectivity index (χ3v) is 3.91. The van der Waals surface area contributed by atoms with Crippen LogP contribution < -0.4 is 5.32 Å². The summed E-state index contributed by atoms with van der Waals surface area (Å²) in [4.78, 5) is 27.7. The van der Waals surface area contributed by atoms with E-state index in [1.54, 1.807) is 12.1 Å². The molecule has 0 aliphatic carbocycles. The zero-order valence-corrected chi connectivity index (χ0v) is 14.0. The number of nitrogens with one attached hydrogen (secondary N) is 1. The Hall–Kier alpha value is -3.16. The Bertz CT molecular complexity index is 881. The Labute approximate surface area is 148 Å². The third kappa shape index (κ3) is 4.08. The number of pyridine rings is 1. The smallest absolute Gasteiger partial charge is 0.275 e. The first-order valence-electron chi connectivity index (χ1n) is 7.96. The number of halogens is 2. The number of benzene rings is 1. The molecule has 0 atom stereocenters. The van der Waals surface area contributed by atoms with Crippen LogP contribution in [-0.2, 0) is 11.2 Å². The summed E-state index contributed by atoms with van der Waals surface area (Å²) in [6.07, 6.45) is 2.53. The summed E-state index contributed by atoms with van der Waals surface area (Å²) in [6, 6.07) is 6.95. The zero-order valence-electron chi connectivity index (χ0n) is 14.0. The molecule has 134 valence electrons. The largest absolute Gasteiger partial charge is 0.307 e. The van der Waals surface area contributed by atoms with Gasteiger partial charge in [0.15, 0.2) is 11.6 Å². The molecule has 2 heterocycles. The van der Waals surface area contributed by atoms with Crippen molar-refractivity contribution in [2.45, 2.75) is 19.3 Å². The predicted octanol–water partition coefficient (Wildman–Crippen LogP) is 2.25. The minimum atomic E-state index is -0.900. The standard InChI is InChI=1S/C18H16F2N4O2/c1-24-17(25)7-6-16(23-24)22-18(26)15-5-3-12(10-21-15)8-11-2-4-13(19)14(20)9-11/h2-5,9-10H,6-8H2,1H3,(H,22,23,26). The van der Waals surface area contributed by atoms with E-state index >= 15 is 0 Å². The van der Waals surface area contributed by atoms with Gasteiger partial charge in [-0.3, -0.25) is 14.6 Å². The lowest BCUT2D eigenvalue weighted by molar-refractivity contribution is -0.130. The first-order valence-corrected chi connectivity index (χ1v) is 7.96. The summed E-state index contributed by atoms with van der Waals surface area (Å²) in [5.41, 5.74) is 1.56. The van der Waals surface area contributed by atoms with Crippen LogP contribution in [0.2, 0.25) is 0 Å². The van der Waals surface area contributed by atoms with E-state index in [1.165, 1.54) is 24.3 Å². The highest BCUT2D eigenvalue weighted by Gasteiger charge is 2.19.